The molecule has 0 spiro atoms. The van der Waals surface area contributed by atoms with Crippen LogP contribution in [0.15, 0.2) is 30.5 Å². The number of ether oxygens (including phenoxy) is 2. The minimum absolute atomic E-state index is 0.300. The molecule has 1 aliphatic heterocycles. The first-order chi connectivity index (χ1) is 17.5. The Kier molecular flexibility index (Phi) is 9.08. The summed E-state index contributed by atoms with van der Waals surface area (Å²) in [5.74, 6) is 0.859. The zero-order valence-corrected chi connectivity index (χ0v) is 21.2. The molecule has 1 saturated heterocycles. The number of anilines is 2. The lowest BCUT2D eigenvalue weighted by molar-refractivity contribution is 0.0455. The number of hydrogen-bond donors (Lipinski definition) is 3. The van der Waals surface area contributed by atoms with Crippen LogP contribution in [0.5, 0.6) is 0 Å². The topological polar surface area (TPSA) is 104 Å². The van der Waals surface area contributed by atoms with Crippen LogP contribution in [0.3, 0.4) is 0 Å². The Morgan fingerprint density at radius 2 is 1.94 bits per heavy atom. The fraction of sp³-hybridized carbons (Fsp3) is 0.593. The van der Waals surface area contributed by atoms with Crippen LogP contribution in [0, 0.1) is 22.6 Å². The van der Waals surface area contributed by atoms with Crippen LogP contribution in [0.2, 0.25) is 0 Å². The second-order valence-electron chi connectivity index (χ2n) is 10.0. The van der Waals surface area contributed by atoms with E-state index < -0.39 is 11.2 Å². The SMILES string of the molecule is COC[C@@H](C)NC1CCC(Nc2cc(-c3cccc(NCC4(C#N)CCOCC4)n3)c(F)cn2)CC1. The summed E-state index contributed by atoms with van der Waals surface area (Å²) in [7, 11) is 1.72. The van der Waals surface area contributed by atoms with Crippen molar-refractivity contribution in [2.24, 2.45) is 5.41 Å². The lowest BCUT2D eigenvalue weighted by atomic mass is 9.82. The third kappa shape index (κ3) is 6.90. The van der Waals surface area contributed by atoms with Crippen molar-refractivity contribution in [2.75, 3.05) is 44.1 Å². The number of aromatic nitrogens is 2. The first kappa shape index (κ1) is 26.3. The van der Waals surface area contributed by atoms with E-state index in [1.807, 2.05) is 12.1 Å². The normalized spacial score (nSPS) is 22.4. The lowest BCUT2D eigenvalue weighted by Crippen LogP contribution is -2.42. The highest BCUT2D eigenvalue weighted by Gasteiger charge is 2.32. The Bertz CT molecular complexity index is 1030. The number of rotatable bonds is 10. The number of nitrogens with one attached hydrogen (secondary N) is 3. The van der Waals surface area contributed by atoms with Crippen LogP contribution < -0.4 is 16.0 Å². The molecule has 0 amide bonds. The van der Waals surface area contributed by atoms with Crippen LogP contribution in [0.4, 0.5) is 16.0 Å². The molecule has 0 bridgehead atoms. The molecule has 0 unspecified atom stereocenters. The maximum absolute atomic E-state index is 14.8. The Morgan fingerprint density at radius 3 is 2.67 bits per heavy atom. The second kappa shape index (κ2) is 12.4. The number of halogens is 1. The van der Waals surface area contributed by atoms with Gasteiger partial charge in [0.2, 0.25) is 0 Å². The van der Waals surface area contributed by atoms with E-state index in [2.05, 4.69) is 38.9 Å². The molecular formula is C27H37FN6O2. The molecule has 1 aliphatic carbocycles. The van der Waals surface area contributed by atoms with Crippen molar-refractivity contribution >= 4 is 11.6 Å². The van der Waals surface area contributed by atoms with E-state index in [-0.39, 0.29) is 0 Å². The van der Waals surface area contributed by atoms with E-state index in [0.29, 0.717) is 80.2 Å². The summed E-state index contributed by atoms with van der Waals surface area (Å²) in [6.45, 7) is 4.51. The van der Waals surface area contributed by atoms with Gasteiger partial charge < -0.3 is 25.4 Å². The van der Waals surface area contributed by atoms with Gasteiger partial charge in [-0.1, -0.05) is 6.07 Å². The molecule has 3 heterocycles. The van der Waals surface area contributed by atoms with Crippen LogP contribution in [-0.4, -0.2) is 61.6 Å². The zero-order chi connectivity index (χ0) is 25.4. The van der Waals surface area contributed by atoms with Gasteiger partial charge in [-0.05, 0) is 63.6 Å². The second-order valence-corrected chi connectivity index (χ2v) is 10.0. The molecule has 9 heteroatoms. The summed E-state index contributed by atoms with van der Waals surface area (Å²) in [4.78, 5) is 8.91. The molecular weight excluding hydrogens is 459 g/mol. The Balaban J connectivity index is 1.37. The Hall–Kier alpha value is -2.80. The monoisotopic (exact) mass is 496 g/mol. The molecule has 1 saturated carbocycles. The zero-order valence-electron chi connectivity index (χ0n) is 21.2. The van der Waals surface area contributed by atoms with Crippen molar-refractivity contribution in [3.8, 4) is 17.3 Å². The Labute approximate surface area is 213 Å². The minimum atomic E-state index is -0.467. The first-order valence-electron chi connectivity index (χ1n) is 12.9. The van der Waals surface area contributed by atoms with E-state index in [1.54, 1.807) is 19.2 Å². The van der Waals surface area contributed by atoms with Gasteiger partial charge in [-0.2, -0.15) is 5.26 Å². The molecule has 2 aliphatic rings. The average molecular weight is 497 g/mol. The van der Waals surface area contributed by atoms with E-state index in [4.69, 9.17) is 9.47 Å². The van der Waals surface area contributed by atoms with Crippen molar-refractivity contribution in [1.82, 2.24) is 15.3 Å². The maximum Gasteiger partial charge on any atom is 0.151 e. The van der Waals surface area contributed by atoms with Gasteiger partial charge in [0.15, 0.2) is 5.82 Å². The average Bonchev–Trinajstić information content (AvgIpc) is 2.90. The predicted molar refractivity (Wildman–Crippen MR) is 138 cm³/mol. The van der Waals surface area contributed by atoms with Gasteiger partial charge in [0.25, 0.3) is 0 Å². The maximum atomic E-state index is 14.8. The van der Waals surface area contributed by atoms with Crippen molar-refractivity contribution < 1.29 is 13.9 Å². The van der Waals surface area contributed by atoms with Gasteiger partial charge >= 0.3 is 0 Å². The van der Waals surface area contributed by atoms with Gasteiger partial charge in [-0.15, -0.1) is 0 Å². The highest BCUT2D eigenvalue weighted by atomic mass is 19.1. The highest BCUT2D eigenvalue weighted by Crippen LogP contribution is 2.31. The Morgan fingerprint density at radius 1 is 1.19 bits per heavy atom. The molecule has 194 valence electrons. The van der Waals surface area contributed by atoms with Crippen LogP contribution in [0.25, 0.3) is 11.3 Å². The third-order valence-corrected chi connectivity index (χ3v) is 7.19. The van der Waals surface area contributed by atoms with Gasteiger partial charge in [0.1, 0.15) is 11.6 Å². The van der Waals surface area contributed by atoms with Crippen molar-refractivity contribution in [3.05, 3.63) is 36.3 Å². The lowest BCUT2D eigenvalue weighted by Gasteiger charge is -2.31. The fourth-order valence-electron chi connectivity index (χ4n) is 5.06. The smallest absolute Gasteiger partial charge is 0.151 e. The number of methoxy groups -OCH3 is 1. The van der Waals surface area contributed by atoms with Crippen molar-refractivity contribution in [2.45, 2.75) is 63.6 Å². The standard InChI is InChI=1S/C27H37FN6O2/c1-19(16-35-2)32-20-6-8-21(9-7-20)33-26-14-22(23(28)15-30-26)24-4-3-5-25(34-24)31-18-27(17-29)10-12-36-13-11-27/h3-5,14-15,19-21,32H,6-13,16,18H2,1-2H3,(H,30,33)(H,31,34)/t19-,20?,21?/m1/s1. The summed E-state index contributed by atoms with van der Waals surface area (Å²) < 4.78 is 25.4. The van der Waals surface area contributed by atoms with Crippen LogP contribution in [0.1, 0.15) is 45.4 Å². The summed E-state index contributed by atoms with van der Waals surface area (Å²) in [6, 6.07) is 10.8. The highest BCUT2D eigenvalue weighted by molar-refractivity contribution is 5.65. The molecule has 0 radical (unpaired) electrons. The first-order valence-corrected chi connectivity index (χ1v) is 12.9. The minimum Gasteiger partial charge on any atom is -0.383 e. The molecule has 1 atom stereocenters. The molecule has 0 aromatic carbocycles. The summed E-state index contributed by atoms with van der Waals surface area (Å²) in [6.07, 6.45) is 6.83. The van der Waals surface area contributed by atoms with Crippen molar-refractivity contribution in [1.29, 1.82) is 5.26 Å². The van der Waals surface area contributed by atoms with Gasteiger partial charge in [0, 0.05) is 50.6 Å². The van der Waals surface area contributed by atoms with Gasteiger partial charge in [0.05, 0.1) is 30.0 Å². The summed E-state index contributed by atoms with van der Waals surface area (Å²) in [5, 5.41) is 20.1. The number of pyridine rings is 2. The van der Waals surface area contributed by atoms with Gasteiger partial charge in [-0.25, -0.2) is 14.4 Å². The largest absolute Gasteiger partial charge is 0.383 e. The molecule has 36 heavy (non-hydrogen) atoms. The predicted octanol–water partition coefficient (Wildman–Crippen LogP) is 4.36. The molecule has 8 nitrogen and oxygen atoms in total. The molecule has 2 aromatic rings. The number of nitriles is 1. The van der Waals surface area contributed by atoms with Crippen LogP contribution in [-0.2, 0) is 9.47 Å². The van der Waals surface area contributed by atoms with E-state index in [0.717, 1.165) is 25.7 Å². The molecule has 2 fully saturated rings. The van der Waals surface area contributed by atoms with E-state index >= 15 is 0 Å². The van der Waals surface area contributed by atoms with E-state index in [9.17, 15) is 9.65 Å². The molecule has 4 rings (SSSR count). The molecule has 3 N–H and O–H groups in total. The number of nitrogens with zero attached hydrogens (tertiary/aromatic N) is 3. The van der Waals surface area contributed by atoms with Crippen LogP contribution >= 0.6 is 0 Å². The molecule has 2 aromatic heterocycles. The quantitative estimate of drug-likeness (QED) is 0.446. The third-order valence-electron chi connectivity index (χ3n) is 7.19. The summed E-state index contributed by atoms with van der Waals surface area (Å²) >= 11 is 0. The van der Waals surface area contributed by atoms with Gasteiger partial charge in [-0.3, -0.25) is 0 Å². The number of hydrogen-bond acceptors (Lipinski definition) is 8. The summed E-state index contributed by atoms with van der Waals surface area (Å²) in [5.41, 5.74) is 0.465. The fourth-order valence-corrected chi connectivity index (χ4v) is 5.06. The van der Waals surface area contributed by atoms with Crippen molar-refractivity contribution in [3.63, 3.8) is 0 Å². The van der Waals surface area contributed by atoms with E-state index in [1.165, 1.54) is 6.20 Å².